The first-order valence-corrected chi connectivity index (χ1v) is 10.2. The average Bonchev–Trinajstić information content (AvgIpc) is 2.95. The number of nitrogens with zero attached hydrogens (tertiary/aromatic N) is 2. The third-order valence-electron chi connectivity index (χ3n) is 3.95. The lowest BCUT2D eigenvalue weighted by molar-refractivity contribution is 0.316. The second kappa shape index (κ2) is 6.28. The number of halogens is 1. The zero-order valence-electron chi connectivity index (χ0n) is 11.3. The van der Waals surface area contributed by atoms with Crippen LogP contribution in [0.15, 0.2) is 31.8 Å². The summed E-state index contributed by atoms with van der Waals surface area (Å²) in [6.45, 7) is 0. The quantitative estimate of drug-likeness (QED) is 0.810. The van der Waals surface area contributed by atoms with Gasteiger partial charge in [-0.05, 0) is 30.9 Å². The molecule has 5 nitrogen and oxygen atoms in total. The van der Waals surface area contributed by atoms with Crippen LogP contribution < -0.4 is 4.72 Å². The van der Waals surface area contributed by atoms with Crippen LogP contribution in [0.25, 0.3) is 0 Å². The van der Waals surface area contributed by atoms with Gasteiger partial charge in [0.25, 0.3) is 0 Å². The first-order chi connectivity index (χ1) is 10.1. The van der Waals surface area contributed by atoms with Crippen molar-refractivity contribution in [1.82, 2.24) is 4.72 Å². The molecule has 8 heteroatoms. The van der Waals surface area contributed by atoms with Crippen molar-refractivity contribution in [2.24, 2.45) is 14.6 Å². The minimum Gasteiger partial charge on any atom is -0.208 e. The molecule has 21 heavy (non-hydrogen) atoms. The van der Waals surface area contributed by atoms with Gasteiger partial charge in [0.15, 0.2) is 0 Å². The summed E-state index contributed by atoms with van der Waals surface area (Å²) >= 11 is 4.53. The average molecular weight is 390 g/mol. The van der Waals surface area contributed by atoms with Crippen LogP contribution in [0.4, 0.5) is 11.4 Å². The van der Waals surface area contributed by atoms with Gasteiger partial charge in [-0.25, -0.2) is 13.1 Å². The molecular formula is C13H16BrN3O2S2. The third kappa shape index (κ3) is 3.13. The van der Waals surface area contributed by atoms with E-state index in [1.807, 2.05) is 0 Å². The molecule has 0 radical (unpaired) electrons. The zero-order chi connectivity index (χ0) is 14.9. The van der Waals surface area contributed by atoms with Gasteiger partial charge in [-0.15, -0.1) is 0 Å². The van der Waals surface area contributed by atoms with Crippen LogP contribution >= 0.6 is 15.9 Å². The lowest BCUT2D eigenvalue weighted by Crippen LogP contribution is -2.42. The van der Waals surface area contributed by atoms with E-state index in [1.54, 1.807) is 18.2 Å². The first-order valence-electron chi connectivity index (χ1n) is 6.91. The number of nitrogens with one attached hydrogen (secondary N) is 1. The Morgan fingerprint density at radius 2 is 2.10 bits per heavy atom. The highest BCUT2D eigenvalue weighted by Crippen LogP contribution is 2.38. The van der Waals surface area contributed by atoms with E-state index in [4.69, 9.17) is 0 Å². The monoisotopic (exact) mass is 389 g/mol. The number of sulfonamides is 1. The largest absolute Gasteiger partial charge is 0.243 e. The minimum atomic E-state index is -3.57. The Hall–Kier alpha value is -0.570. The molecule has 1 fully saturated rings. The number of rotatable bonds is 4. The molecule has 0 bridgehead atoms. The Labute approximate surface area is 136 Å². The summed E-state index contributed by atoms with van der Waals surface area (Å²) in [5.41, 5.74) is 1.09. The van der Waals surface area contributed by atoms with Crippen molar-refractivity contribution in [1.29, 1.82) is 0 Å². The van der Waals surface area contributed by atoms with Crippen LogP contribution in [0.1, 0.15) is 25.7 Å². The summed E-state index contributed by atoms with van der Waals surface area (Å²) in [5, 5.41) is 0.822. The summed E-state index contributed by atoms with van der Waals surface area (Å²) < 4.78 is 36.5. The van der Waals surface area contributed by atoms with E-state index in [0.717, 1.165) is 35.9 Å². The Bertz CT molecular complexity index is 714. The van der Waals surface area contributed by atoms with E-state index in [1.165, 1.54) is 6.42 Å². The molecule has 2 atom stereocenters. The normalized spacial score (nSPS) is 24.6. The van der Waals surface area contributed by atoms with Gasteiger partial charge in [0, 0.05) is 11.4 Å². The highest BCUT2D eigenvalue weighted by molar-refractivity contribution is 9.09. The first kappa shape index (κ1) is 15.3. The number of fused-ring (bicyclic) bond motifs is 1. The molecule has 0 spiro atoms. The molecule has 1 heterocycles. The Balaban J connectivity index is 1.88. The fourth-order valence-corrected chi connectivity index (χ4v) is 5.69. The summed E-state index contributed by atoms with van der Waals surface area (Å²) in [6.07, 6.45) is 4.18. The van der Waals surface area contributed by atoms with Crippen molar-refractivity contribution in [2.75, 3.05) is 5.33 Å². The molecule has 1 N–H and O–H groups in total. The van der Waals surface area contributed by atoms with E-state index < -0.39 is 10.0 Å². The van der Waals surface area contributed by atoms with Crippen LogP contribution in [0.5, 0.6) is 0 Å². The smallest absolute Gasteiger partial charge is 0.208 e. The molecule has 1 aromatic carbocycles. The molecule has 1 aromatic rings. The maximum Gasteiger partial charge on any atom is 0.243 e. The fraction of sp³-hybridized carbons (Fsp3) is 0.538. The van der Waals surface area contributed by atoms with Crippen molar-refractivity contribution in [3.05, 3.63) is 18.2 Å². The summed E-state index contributed by atoms with van der Waals surface area (Å²) in [7, 11) is -3.57. The van der Waals surface area contributed by atoms with Gasteiger partial charge in [0.05, 0.1) is 11.4 Å². The number of benzene rings is 1. The van der Waals surface area contributed by atoms with Crippen LogP contribution in [-0.4, -0.2) is 19.8 Å². The van der Waals surface area contributed by atoms with Gasteiger partial charge in [-0.1, -0.05) is 34.8 Å². The fourth-order valence-electron chi connectivity index (χ4n) is 2.81. The maximum absolute atomic E-state index is 12.7. The van der Waals surface area contributed by atoms with Gasteiger partial charge in [0.2, 0.25) is 10.0 Å². The highest BCUT2D eigenvalue weighted by Gasteiger charge is 2.30. The van der Waals surface area contributed by atoms with Gasteiger partial charge in [-0.2, -0.15) is 8.73 Å². The van der Waals surface area contributed by atoms with Crippen molar-refractivity contribution in [2.45, 2.75) is 36.6 Å². The van der Waals surface area contributed by atoms with E-state index in [2.05, 4.69) is 29.4 Å². The number of hydrogen-bond donors (Lipinski definition) is 1. The Morgan fingerprint density at radius 1 is 1.29 bits per heavy atom. The van der Waals surface area contributed by atoms with Crippen LogP contribution in [-0.2, 0) is 21.4 Å². The van der Waals surface area contributed by atoms with Crippen molar-refractivity contribution < 1.29 is 8.42 Å². The highest BCUT2D eigenvalue weighted by atomic mass is 79.9. The van der Waals surface area contributed by atoms with Gasteiger partial charge in [0.1, 0.15) is 16.3 Å². The van der Waals surface area contributed by atoms with E-state index in [0.29, 0.717) is 17.3 Å². The van der Waals surface area contributed by atoms with E-state index in [9.17, 15) is 8.42 Å². The molecule has 1 aliphatic carbocycles. The van der Waals surface area contributed by atoms with Gasteiger partial charge < -0.3 is 0 Å². The molecule has 2 aliphatic rings. The van der Waals surface area contributed by atoms with Crippen molar-refractivity contribution >= 4 is 48.7 Å². The Kier molecular flexibility index (Phi) is 4.58. The molecular weight excluding hydrogens is 374 g/mol. The zero-order valence-corrected chi connectivity index (χ0v) is 14.5. The van der Waals surface area contributed by atoms with E-state index in [-0.39, 0.29) is 10.9 Å². The predicted molar refractivity (Wildman–Crippen MR) is 87.8 cm³/mol. The lowest BCUT2D eigenvalue weighted by atomic mass is 9.87. The second-order valence-corrected chi connectivity index (χ2v) is 8.17. The molecule has 0 amide bonds. The molecule has 3 rings (SSSR count). The van der Waals surface area contributed by atoms with Gasteiger partial charge in [-0.3, -0.25) is 0 Å². The summed E-state index contributed by atoms with van der Waals surface area (Å²) in [4.78, 5) is 0.229. The topological polar surface area (TPSA) is 70.9 Å². The molecule has 0 saturated heterocycles. The van der Waals surface area contributed by atoms with Gasteiger partial charge >= 0.3 is 0 Å². The summed E-state index contributed by atoms with van der Waals surface area (Å²) in [5.74, 6) is 0.348. The Morgan fingerprint density at radius 3 is 2.90 bits per heavy atom. The molecule has 0 aromatic heterocycles. The van der Waals surface area contributed by atoms with Crippen LogP contribution in [0.2, 0.25) is 0 Å². The summed E-state index contributed by atoms with van der Waals surface area (Å²) in [6, 6.07) is 5.07. The lowest BCUT2D eigenvalue weighted by Gasteiger charge is -2.30. The van der Waals surface area contributed by atoms with Crippen LogP contribution in [0.3, 0.4) is 0 Å². The predicted octanol–water partition coefficient (Wildman–Crippen LogP) is 3.65. The van der Waals surface area contributed by atoms with E-state index >= 15 is 0 Å². The second-order valence-electron chi connectivity index (χ2n) is 5.31. The van der Waals surface area contributed by atoms with Crippen LogP contribution in [0, 0.1) is 5.92 Å². The van der Waals surface area contributed by atoms with Crippen molar-refractivity contribution in [3.63, 3.8) is 0 Å². The molecule has 114 valence electrons. The molecule has 2 unspecified atom stereocenters. The third-order valence-corrected chi connectivity index (χ3v) is 6.85. The molecule has 1 saturated carbocycles. The SMILES string of the molecule is O=S(=O)(NC1CCCCC1CBr)c1cccc2c1N=S=N2. The minimum absolute atomic E-state index is 0.00928. The number of hydrogen-bond acceptors (Lipinski definition) is 4. The maximum atomic E-state index is 12.7. The van der Waals surface area contributed by atoms with Crippen molar-refractivity contribution in [3.8, 4) is 0 Å². The standard InChI is InChI=1S/C13H16BrN3O2S2/c14-8-9-4-1-2-5-10(9)17-21(18,19)12-7-3-6-11-13(12)16-20-15-11/h3,6-7,9-10,17H,1-2,4-5,8H2. The number of alkyl halides is 1. The molecule has 1 aliphatic heterocycles.